The van der Waals surface area contributed by atoms with Crippen LogP contribution in [-0.4, -0.2) is 31.0 Å². The lowest BCUT2D eigenvalue weighted by molar-refractivity contribution is -0.176. The highest BCUT2D eigenvalue weighted by Crippen LogP contribution is 2.15. The van der Waals surface area contributed by atoms with Crippen molar-refractivity contribution in [2.24, 2.45) is 0 Å². The van der Waals surface area contributed by atoms with Gasteiger partial charge in [-0.2, -0.15) is 18.4 Å². The maximum Gasteiger partial charge on any atom is 0.411 e. The first-order valence-electron chi connectivity index (χ1n) is 4.52. The molecule has 0 rings (SSSR count). The molecule has 0 aliphatic heterocycles. The van der Waals surface area contributed by atoms with Gasteiger partial charge in [0, 0.05) is 6.04 Å². The average molecular weight is 224 g/mol. The number of hydrogen-bond donors (Lipinski definition) is 1. The molecular formula is C9H15F3N2O. The second-order valence-corrected chi connectivity index (χ2v) is 3.85. The first-order valence-corrected chi connectivity index (χ1v) is 4.52. The van der Waals surface area contributed by atoms with Crippen molar-refractivity contribution in [2.45, 2.75) is 38.5 Å². The van der Waals surface area contributed by atoms with Gasteiger partial charge < -0.3 is 4.74 Å². The number of rotatable bonds is 5. The summed E-state index contributed by atoms with van der Waals surface area (Å²) < 4.78 is 39.8. The Hall–Kier alpha value is -0.800. The fraction of sp³-hybridized carbons (Fsp3) is 0.889. The Bertz CT molecular complexity index is 234. The van der Waals surface area contributed by atoms with Crippen LogP contribution in [0.15, 0.2) is 0 Å². The average Bonchev–Trinajstić information content (AvgIpc) is 2.00. The lowest BCUT2D eigenvalue weighted by Gasteiger charge is -2.25. The van der Waals surface area contributed by atoms with Crippen molar-refractivity contribution in [2.75, 3.05) is 13.2 Å². The number of nitrogens with zero attached hydrogens (tertiary/aromatic N) is 1. The molecule has 0 aromatic heterocycles. The lowest BCUT2D eigenvalue weighted by atomic mass is 10.1. The topological polar surface area (TPSA) is 45.0 Å². The molecule has 0 saturated heterocycles. The van der Waals surface area contributed by atoms with Crippen molar-refractivity contribution < 1.29 is 17.9 Å². The standard InChI is InChI=1S/C9H15F3N2O/c1-7(2)14-8(3,4-13)5-15-6-9(10,11)12/h7,14H,5-6H2,1-3H3. The Balaban J connectivity index is 4.06. The van der Waals surface area contributed by atoms with Gasteiger partial charge in [0.25, 0.3) is 0 Å². The molecule has 0 aliphatic carbocycles. The van der Waals surface area contributed by atoms with E-state index in [-0.39, 0.29) is 12.6 Å². The Morgan fingerprint density at radius 3 is 2.20 bits per heavy atom. The summed E-state index contributed by atoms with van der Waals surface area (Å²) in [5, 5.41) is 11.6. The smallest absolute Gasteiger partial charge is 0.369 e. The monoisotopic (exact) mass is 224 g/mol. The molecule has 0 aliphatic rings. The molecule has 88 valence electrons. The molecule has 15 heavy (non-hydrogen) atoms. The minimum Gasteiger partial charge on any atom is -0.369 e. The zero-order valence-electron chi connectivity index (χ0n) is 8.98. The van der Waals surface area contributed by atoms with Crippen LogP contribution in [0, 0.1) is 11.3 Å². The zero-order valence-corrected chi connectivity index (χ0v) is 8.98. The fourth-order valence-corrected chi connectivity index (χ4v) is 1.11. The van der Waals surface area contributed by atoms with Crippen molar-refractivity contribution in [1.29, 1.82) is 5.26 Å². The maximum atomic E-state index is 11.8. The van der Waals surface area contributed by atoms with Gasteiger partial charge in [-0.15, -0.1) is 0 Å². The van der Waals surface area contributed by atoms with Crippen LogP contribution < -0.4 is 5.32 Å². The van der Waals surface area contributed by atoms with E-state index in [4.69, 9.17) is 5.26 Å². The van der Waals surface area contributed by atoms with Gasteiger partial charge in [-0.3, -0.25) is 5.32 Å². The van der Waals surface area contributed by atoms with Crippen molar-refractivity contribution in [3.8, 4) is 6.07 Å². The summed E-state index contributed by atoms with van der Waals surface area (Å²) in [6, 6.07) is 1.90. The van der Waals surface area contributed by atoms with Crippen molar-refractivity contribution in [3.63, 3.8) is 0 Å². The summed E-state index contributed by atoms with van der Waals surface area (Å²) in [6.45, 7) is 3.49. The molecule has 1 unspecified atom stereocenters. The SMILES string of the molecule is CC(C)NC(C)(C#N)COCC(F)(F)F. The molecule has 0 heterocycles. The molecule has 0 radical (unpaired) electrons. The second kappa shape index (κ2) is 5.33. The number of halogens is 3. The number of ether oxygens (including phenoxy) is 1. The molecule has 0 spiro atoms. The summed E-state index contributed by atoms with van der Waals surface area (Å²) >= 11 is 0. The zero-order chi connectivity index (χ0) is 12.1. The second-order valence-electron chi connectivity index (χ2n) is 3.85. The molecule has 0 bridgehead atoms. The van der Waals surface area contributed by atoms with Gasteiger partial charge in [0.1, 0.15) is 12.1 Å². The third kappa shape index (κ3) is 7.17. The van der Waals surface area contributed by atoms with Crippen LogP contribution in [-0.2, 0) is 4.74 Å². The normalized spacial score (nSPS) is 16.1. The highest BCUT2D eigenvalue weighted by atomic mass is 19.4. The van der Waals surface area contributed by atoms with Crippen LogP contribution >= 0.6 is 0 Å². The van der Waals surface area contributed by atoms with Crippen molar-refractivity contribution in [1.82, 2.24) is 5.32 Å². The lowest BCUT2D eigenvalue weighted by Crippen LogP contribution is -2.49. The Morgan fingerprint density at radius 1 is 1.33 bits per heavy atom. The van der Waals surface area contributed by atoms with Crippen molar-refractivity contribution >= 4 is 0 Å². The predicted molar refractivity (Wildman–Crippen MR) is 49.2 cm³/mol. The Labute approximate surface area is 87.2 Å². The van der Waals surface area contributed by atoms with Gasteiger partial charge in [0.2, 0.25) is 0 Å². The highest BCUT2D eigenvalue weighted by Gasteiger charge is 2.31. The van der Waals surface area contributed by atoms with Gasteiger partial charge in [-0.1, -0.05) is 0 Å². The van der Waals surface area contributed by atoms with Crippen LogP contribution in [0.5, 0.6) is 0 Å². The van der Waals surface area contributed by atoms with E-state index < -0.39 is 18.3 Å². The van der Waals surface area contributed by atoms with Crippen molar-refractivity contribution in [3.05, 3.63) is 0 Å². The van der Waals surface area contributed by atoms with Gasteiger partial charge in [-0.05, 0) is 20.8 Å². The largest absolute Gasteiger partial charge is 0.411 e. The van der Waals surface area contributed by atoms with Gasteiger partial charge in [0.15, 0.2) is 0 Å². The molecule has 1 atom stereocenters. The molecule has 0 aromatic carbocycles. The molecule has 3 nitrogen and oxygen atoms in total. The van der Waals surface area contributed by atoms with Gasteiger partial charge >= 0.3 is 6.18 Å². The van der Waals surface area contributed by atoms with Crippen LogP contribution in [0.3, 0.4) is 0 Å². The first-order chi connectivity index (χ1) is 6.68. The Kier molecular flexibility index (Phi) is 5.05. The first kappa shape index (κ1) is 14.2. The van der Waals surface area contributed by atoms with E-state index in [9.17, 15) is 13.2 Å². The summed E-state index contributed by atoms with van der Waals surface area (Å²) in [4.78, 5) is 0. The van der Waals surface area contributed by atoms with E-state index in [2.05, 4.69) is 10.1 Å². The highest BCUT2D eigenvalue weighted by molar-refractivity contribution is 5.04. The molecule has 1 N–H and O–H groups in total. The van der Waals surface area contributed by atoms with Gasteiger partial charge in [-0.25, -0.2) is 0 Å². The van der Waals surface area contributed by atoms with E-state index in [1.807, 2.05) is 6.07 Å². The van der Waals surface area contributed by atoms with E-state index in [1.165, 1.54) is 6.92 Å². The summed E-state index contributed by atoms with van der Waals surface area (Å²) in [5.41, 5.74) is -1.08. The number of nitrogens with one attached hydrogen (secondary N) is 1. The van der Waals surface area contributed by atoms with Gasteiger partial charge in [0.05, 0.1) is 12.7 Å². The van der Waals surface area contributed by atoms with Crippen LogP contribution in [0.4, 0.5) is 13.2 Å². The predicted octanol–water partition coefficient (Wildman–Crippen LogP) is 1.85. The Morgan fingerprint density at radius 2 is 1.87 bits per heavy atom. The van der Waals surface area contributed by atoms with Crippen LogP contribution in [0.2, 0.25) is 0 Å². The number of alkyl halides is 3. The fourth-order valence-electron chi connectivity index (χ4n) is 1.11. The summed E-state index contributed by atoms with van der Waals surface area (Å²) in [7, 11) is 0. The van der Waals surface area contributed by atoms with Crippen LogP contribution in [0.1, 0.15) is 20.8 Å². The minimum atomic E-state index is -4.35. The third-order valence-corrected chi connectivity index (χ3v) is 1.51. The number of nitriles is 1. The molecule has 0 fully saturated rings. The molecule has 0 aromatic rings. The number of hydrogen-bond acceptors (Lipinski definition) is 3. The molecule has 0 saturated carbocycles. The quantitative estimate of drug-likeness (QED) is 0.775. The minimum absolute atomic E-state index is 0.00383. The molecule has 0 amide bonds. The van der Waals surface area contributed by atoms with Crippen LogP contribution in [0.25, 0.3) is 0 Å². The van der Waals surface area contributed by atoms with E-state index in [1.54, 1.807) is 13.8 Å². The summed E-state index contributed by atoms with van der Waals surface area (Å²) in [6.07, 6.45) is -4.35. The van der Waals surface area contributed by atoms with E-state index >= 15 is 0 Å². The molecular weight excluding hydrogens is 209 g/mol. The van der Waals surface area contributed by atoms with E-state index in [0.29, 0.717) is 0 Å². The van der Waals surface area contributed by atoms with E-state index in [0.717, 1.165) is 0 Å². The summed E-state index contributed by atoms with van der Waals surface area (Å²) in [5.74, 6) is 0. The maximum absolute atomic E-state index is 11.8. The molecule has 6 heteroatoms. The third-order valence-electron chi connectivity index (χ3n) is 1.51.